The Labute approximate surface area is 140 Å². The molecule has 1 saturated heterocycles. The Morgan fingerprint density at radius 3 is 2.62 bits per heavy atom. The fraction of sp³-hybridized carbons (Fsp3) is 0.471. The summed E-state index contributed by atoms with van der Waals surface area (Å²) >= 11 is 0. The first kappa shape index (κ1) is 16.4. The molecule has 0 spiro atoms. The van der Waals surface area contributed by atoms with E-state index in [1.807, 2.05) is 32.0 Å². The highest BCUT2D eigenvalue weighted by Gasteiger charge is 2.33. The zero-order valence-corrected chi connectivity index (χ0v) is 14.1. The van der Waals surface area contributed by atoms with E-state index in [-0.39, 0.29) is 18.6 Å². The monoisotopic (exact) mass is 330 g/mol. The van der Waals surface area contributed by atoms with Gasteiger partial charge in [-0.15, -0.1) is 5.10 Å². The summed E-state index contributed by atoms with van der Waals surface area (Å²) in [5, 5.41) is 17.4. The average molecular weight is 330 g/mol. The number of aryl methyl sites for hydroxylation is 2. The normalized spacial score (nSPS) is 15.9. The molecule has 1 fully saturated rings. The van der Waals surface area contributed by atoms with Crippen molar-refractivity contribution in [2.45, 2.75) is 32.9 Å². The third-order valence-corrected chi connectivity index (χ3v) is 4.29. The van der Waals surface area contributed by atoms with Gasteiger partial charge in [0.1, 0.15) is 11.4 Å². The van der Waals surface area contributed by atoms with Crippen LogP contribution in [0, 0.1) is 13.8 Å². The van der Waals surface area contributed by atoms with E-state index in [1.165, 1.54) is 0 Å². The Morgan fingerprint density at radius 1 is 1.38 bits per heavy atom. The Hall–Kier alpha value is -2.41. The fourth-order valence-electron chi connectivity index (χ4n) is 2.74. The van der Waals surface area contributed by atoms with Gasteiger partial charge in [0.2, 0.25) is 0 Å². The minimum absolute atomic E-state index is 0.0364. The molecule has 1 amide bonds. The van der Waals surface area contributed by atoms with Gasteiger partial charge in [0.15, 0.2) is 6.61 Å². The van der Waals surface area contributed by atoms with Gasteiger partial charge in [-0.2, -0.15) is 0 Å². The minimum Gasteiger partial charge on any atom is -0.483 e. The van der Waals surface area contributed by atoms with Crippen molar-refractivity contribution in [2.75, 3.05) is 19.7 Å². The third kappa shape index (κ3) is 3.26. The molecule has 24 heavy (non-hydrogen) atoms. The maximum Gasteiger partial charge on any atom is 0.260 e. The number of carbonyl (C=O) groups excluding carboxylic acids is 1. The Morgan fingerprint density at radius 2 is 2.04 bits per heavy atom. The zero-order valence-electron chi connectivity index (χ0n) is 14.1. The molecule has 7 heteroatoms. The predicted octanol–water partition coefficient (Wildman–Crippen LogP) is 1.41. The number of aliphatic hydroxyl groups excluding tert-OH is 1. The maximum atomic E-state index is 12.2. The molecule has 128 valence electrons. The summed E-state index contributed by atoms with van der Waals surface area (Å²) in [4.78, 5) is 14.0. The van der Waals surface area contributed by atoms with Crippen molar-refractivity contribution in [1.29, 1.82) is 0 Å². The Balaban J connectivity index is 1.51. The number of hydrogen-bond acceptors (Lipinski definition) is 5. The molecule has 1 atom stereocenters. The topological polar surface area (TPSA) is 80.5 Å². The van der Waals surface area contributed by atoms with Gasteiger partial charge in [-0.3, -0.25) is 4.79 Å². The number of carbonyl (C=O) groups is 1. The number of nitrogens with zero attached hydrogens (tertiary/aromatic N) is 4. The molecule has 1 aromatic carbocycles. The highest BCUT2D eigenvalue weighted by atomic mass is 16.5. The summed E-state index contributed by atoms with van der Waals surface area (Å²) < 4.78 is 7.41. The Kier molecular flexibility index (Phi) is 4.53. The number of amides is 1. The number of aromatic nitrogens is 3. The van der Waals surface area contributed by atoms with Crippen LogP contribution in [0.15, 0.2) is 24.4 Å². The van der Waals surface area contributed by atoms with E-state index in [1.54, 1.807) is 22.7 Å². The molecule has 0 bridgehead atoms. The number of rotatable bonds is 5. The minimum atomic E-state index is -0.637. The second-order valence-corrected chi connectivity index (χ2v) is 6.26. The van der Waals surface area contributed by atoms with Crippen molar-refractivity contribution in [3.8, 4) is 5.75 Å². The van der Waals surface area contributed by atoms with E-state index in [4.69, 9.17) is 4.74 Å². The summed E-state index contributed by atoms with van der Waals surface area (Å²) in [5.74, 6) is 0.741. The summed E-state index contributed by atoms with van der Waals surface area (Å²) in [7, 11) is 0. The van der Waals surface area contributed by atoms with Crippen LogP contribution in [-0.2, 0) is 4.79 Å². The van der Waals surface area contributed by atoms with Crippen LogP contribution < -0.4 is 4.74 Å². The van der Waals surface area contributed by atoms with E-state index >= 15 is 0 Å². The summed E-state index contributed by atoms with van der Waals surface area (Å²) in [6.45, 7) is 6.79. The summed E-state index contributed by atoms with van der Waals surface area (Å²) in [6, 6.07) is 6.02. The van der Waals surface area contributed by atoms with Gasteiger partial charge < -0.3 is 14.7 Å². The number of para-hydroxylation sites is 1. The molecule has 1 unspecified atom stereocenters. The number of benzene rings is 1. The fourth-order valence-corrected chi connectivity index (χ4v) is 2.74. The van der Waals surface area contributed by atoms with E-state index in [9.17, 15) is 9.90 Å². The van der Waals surface area contributed by atoms with Crippen molar-refractivity contribution in [1.82, 2.24) is 19.9 Å². The molecule has 3 rings (SSSR count). The average Bonchev–Trinajstić information content (AvgIpc) is 2.95. The van der Waals surface area contributed by atoms with E-state index in [0.29, 0.717) is 18.8 Å². The Bertz CT molecular complexity index is 715. The SMILES string of the molecule is Cc1cccc(C)c1OCC(=O)N1CC(n2cc(C(C)O)nn2)C1. The number of aliphatic hydroxyl groups is 1. The quantitative estimate of drug-likeness (QED) is 0.896. The molecular formula is C17H22N4O3. The molecule has 1 N–H and O–H groups in total. The third-order valence-electron chi connectivity index (χ3n) is 4.29. The van der Waals surface area contributed by atoms with Gasteiger partial charge in [-0.1, -0.05) is 23.4 Å². The van der Waals surface area contributed by atoms with Gasteiger partial charge in [0.25, 0.3) is 5.91 Å². The highest BCUT2D eigenvalue weighted by Crippen LogP contribution is 2.24. The summed E-state index contributed by atoms with van der Waals surface area (Å²) in [5.41, 5.74) is 2.59. The molecule has 0 saturated carbocycles. The van der Waals surface area contributed by atoms with E-state index in [2.05, 4.69) is 10.3 Å². The largest absolute Gasteiger partial charge is 0.483 e. The van der Waals surface area contributed by atoms with Crippen molar-refractivity contribution in [3.05, 3.63) is 41.2 Å². The number of hydrogen-bond donors (Lipinski definition) is 1. The predicted molar refractivity (Wildman–Crippen MR) is 87.7 cm³/mol. The maximum absolute atomic E-state index is 12.2. The van der Waals surface area contributed by atoms with Crippen LogP contribution in [0.1, 0.15) is 35.9 Å². The molecular weight excluding hydrogens is 308 g/mol. The molecule has 0 radical (unpaired) electrons. The van der Waals surface area contributed by atoms with E-state index < -0.39 is 6.10 Å². The van der Waals surface area contributed by atoms with Crippen molar-refractivity contribution in [2.24, 2.45) is 0 Å². The van der Waals surface area contributed by atoms with Crippen LogP contribution in [0.3, 0.4) is 0 Å². The van der Waals surface area contributed by atoms with Gasteiger partial charge in [0.05, 0.1) is 18.3 Å². The standard InChI is InChI=1S/C17H22N4O3/c1-11-5-4-6-12(2)17(11)24-10-16(23)20-7-14(8-20)21-9-15(13(3)22)18-19-21/h4-6,9,13-14,22H,7-8,10H2,1-3H3. The summed E-state index contributed by atoms with van der Waals surface area (Å²) in [6.07, 6.45) is 1.09. The van der Waals surface area contributed by atoms with Crippen LogP contribution in [0.5, 0.6) is 5.75 Å². The van der Waals surface area contributed by atoms with Crippen LogP contribution in [-0.4, -0.2) is 50.6 Å². The molecule has 1 aliphatic rings. The lowest BCUT2D eigenvalue weighted by atomic mass is 10.1. The smallest absolute Gasteiger partial charge is 0.260 e. The highest BCUT2D eigenvalue weighted by molar-refractivity contribution is 5.78. The number of likely N-dealkylation sites (tertiary alicyclic amines) is 1. The van der Waals surface area contributed by atoms with Gasteiger partial charge in [-0.25, -0.2) is 4.68 Å². The first-order valence-corrected chi connectivity index (χ1v) is 8.02. The van der Waals surface area contributed by atoms with E-state index in [0.717, 1.165) is 16.9 Å². The van der Waals surface area contributed by atoms with Crippen LogP contribution >= 0.6 is 0 Å². The van der Waals surface area contributed by atoms with Crippen molar-refractivity contribution in [3.63, 3.8) is 0 Å². The molecule has 1 aromatic heterocycles. The van der Waals surface area contributed by atoms with Gasteiger partial charge >= 0.3 is 0 Å². The van der Waals surface area contributed by atoms with Crippen LogP contribution in [0.25, 0.3) is 0 Å². The molecule has 7 nitrogen and oxygen atoms in total. The molecule has 0 aliphatic carbocycles. The second kappa shape index (κ2) is 6.60. The van der Waals surface area contributed by atoms with Crippen LogP contribution in [0.2, 0.25) is 0 Å². The molecule has 1 aliphatic heterocycles. The van der Waals surface area contributed by atoms with Gasteiger partial charge in [0, 0.05) is 13.1 Å². The van der Waals surface area contributed by atoms with Crippen LogP contribution in [0.4, 0.5) is 0 Å². The first-order valence-electron chi connectivity index (χ1n) is 8.02. The van der Waals surface area contributed by atoms with Crippen molar-refractivity contribution >= 4 is 5.91 Å². The molecule has 2 heterocycles. The second-order valence-electron chi connectivity index (χ2n) is 6.26. The van der Waals surface area contributed by atoms with Gasteiger partial charge in [-0.05, 0) is 31.9 Å². The zero-order chi connectivity index (χ0) is 17.3. The number of ether oxygens (including phenoxy) is 1. The first-order chi connectivity index (χ1) is 11.5. The lowest BCUT2D eigenvalue weighted by Crippen LogP contribution is -2.52. The lowest BCUT2D eigenvalue weighted by Gasteiger charge is -2.38. The van der Waals surface area contributed by atoms with Crippen molar-refractivity contribution < 1.29 is 14.6 Å². The lowest BCUT2D eigenvalue weighted by molar-refractivity contribution is -0.139. The molecule has 2 aromatic rings.